The van der Waals surface area contributed by atoms with Crippen molar-refractivity contribution in [2.45, 2.75) is 19.9 Å². The maximum absolute atomic E-state index is 12.6. The van der Waals surface area contributed by atoms with Gasteiger partial charge in [0.2, 0.25) is 6.39 Å². The number of nitrogens with zero attached hydrogens (tertiary/aromatic N) is 3. The van der Waals surface area contributed by atoms with E-state index in [1.807, 2.05) is 32.0 Å². The van der Waals surface area contributed by atoms with Crippen LogP contribution in [0.3, 0.4) is 0 Å². The summed E-state index contributed by atoms with van der Waals surface area (Å²) in [5.74, 6) is 1.08. The van der Waals surface area contributed by atoms with Gasteiger partial charge in [0.15, 0.2) is 12.4 Å². The molecule has 7 heteroatoms. The van der Waals surface area contributed by atoms with E-state index in [1.54, 1.807) is 4.90 Å². The van der Waals surface area contributed by atoms with Crippen molar-refractivity contribution in [1.29, 1.82) is 0 Å². The van der Waals surface area contributed by atoms with Crippen molar-refractivity contribution < 1.29 is 18.8 Å². The van der Waals surface area contributed by atoms with Crippen molar-refractivity contribution in [3.8, 4) is 5.75 Å². The van der Waals surface area contributed by atoms with Crippen LogP contribution >= 0.6 is 0 Å². The van der Waals surface area contributed by atoms with E-state index in [0.717, 1.165) is 16.9 Å². The topological polar surface area (TPSA) is 77.7 Å². The van der Waals surface area contributed by atoms with Crippen molar-refractivity contribution >= 4 is 5.91 Å². The predicted molar refractivity (Wildman–Crippen MR) is 81.0 cm³/mol. The van der Waals surface area contributed by atoms with Gasteiger partial charge >= 0.3 is 0 Å². The van der Waals surface area contributed by atoms with Crippen LogP contribution in [0.15, 0.2) is 29.1 Å². The Hall–Kier alpha value is -2.41. The fourth-order valence-corrected chi connectivity index (χ4v) is 2.69. The predicted octanol–water partition coefficient (Wildman–Crippen LogP) is 1.67. The maximum Gasteiger partial charge on any atom is 0.261 e. The van der Waals surface area contributed by atoms with Crippen LogP contribution < -0.4 is 4.74 Å². The van der Waals surface area contributed by atoms with Crippen LogP contribution in [0.25, 0.3) is 0 Å². The zero-order valence-corrected chi connectivity index (χ0v) is 13.2. The van der Waals surface area contributed by atoms with Crippen LogP contribution in [0, 0.1) is 13.8 Å². The van der Waals surface area contributed by atoms with Gasteiger partial charge in [0.25, 0.3) is 5.91 Å². The number of amides is 1. The first kappa shape index (κ1) is 15.5. The summed E-state index contributed by atoms with van der Waals surface area (Å²) >= 11 is 0. The first-order valence-electron chi connectivity index (χ1n) is 7.49. The second-order valence-electron chi connectivity index (χ2n) is 5.48. The minimum atomic E-state index is -0.337. The van der Waals surface area contributed by atoms with Crippen LogP contribution in [0.1, 0.15) is 23.0 Å². The molecule has 0 radical (unpaired) electrons. The number of ether oxygens (including phenoxy) is 2. The number of hydrogen-bond donors (Lipinski definition) is 0. The highest BCUT2D eigenvalue weighted by atomic mass is 16.5. The van der Waals surface area contributed by atoms with E-state index in [-0.39, 0.29) is 18.6 Å². The van der Waals surface area contributed by atoms with Gasteiger partial charge in [0, 0.05) is 6.54 Å². The van der Waals surface area contributed by atoms with Crippen LogP contribution in [-0.2, 0) is 9.53 Å². The molecule has 0 N–H and O–H groups in total. The average molecular weight is 317 g/mol. The van der Waals surface area contributed by atoms with Gasteiger partial charge in [0.1, 0.15) is 11.8 Å². The van der Waals surface area contributed by atoms with E-state index in [2.05, 4.69) is 10.1 Å². The van der Waals surface area contributed by atoms with Crippen LogP contribution in [0.2, 0.25) is 0 Å². The lowest BCUT2D eigenvalue weighted by molar-refractivity contribution is -0.142. The summed E-state index contributed by atoms with van der Waals surface area (Å²) in [4.78, 5) is 18.3. The summed E-state index contributed by atoms with van der Waals surface area (Å²) in [6.07, 6.45) is 1.25. The van der Waals surface area contributed by atoms with Crippen LogP contribution in [0.4, 0.5) is 0 Å². The van der Waals surface area contributed by atoms with Gasteiger partial charge < -0.3 is 18.9 Å². The minimum absolute atomic E-state index is 0.0277. The number of para-hydroxylation sites is 1. The number of morpholine rings is 1. The number of aryl methyl sites for hydroxylation is 2. The third-order valence-corrected chi connectivity index (χ3v) is 3.87. The summed E-state index contributed by atoms with van der Waals surface area (Å²) < 4.78 is 16.0. The molecule has 1 atom stereocenters. The molecule has 1 aromatic carbocycles. The molecule has 23 heavy (non-hydrogen) atoms. The van der Waals surface area contributed by atoms with E-state index in [1.165, 1.54) is 6.39 Å². The lowest BCUT2D eigenvalue weighted by Crippen LogP contribution is -2.45. The molecule has 1 fully saturated rings. The Kier molecular flexibility index (Phi) is 4.57. The molecule has 0 saturated carbocycles. The Labute approximate surface area is 134 Å². The molecule has 2 heterocycles. The summed E-state index contributed by atoms with van der Waals surface area (Å²) in [7, 11) is 0. The Morgan fingerprint density at radius 2 is 2.17 bits per heavy atom. The molecule has 0 aliphatic carbocycles. The van der Waals surface area contributed by atoms with Gasteiger partial charge in [-0.05, 0) is 25.0 Å². The lowest BCUT2D eigenvalue weighted by atomic mass is 10.1. The number of carbonyl (C=O) groups is 1. The fraction of sp³-hybridized carbons (Fsp3) is 0.438. The second kappa shape index (κ2) is 6.78. The first-order valence-corrected chi connectivity index (χ1v) is 7.49. The number of hydrogen-bond acceptors (Lipinski definition) is 6. The summed E-state index contributed by atoms with van der Waals surface area (Å²) in [5, 5.41) is 3.82. The third-order valence-electron chi connectivity index (χ3n) is 3.87. The second-order valence-corrected chi connectivity index (χ2v) is 5.48. The number of carbonyl (C=O) groups excluding carboxylic acids is 1. The summed E-state index contributed by atoms with van der Waals surface area (Å²) in [6.45, 7) is 5.22. The smallest absolute Gasteiger partial charge is 0.261 e. The zero-order valence-electron chi connectivity index (χ0n) is 13.2. The van der Waals surface area contributed by atoms with Crippen LogP contribution in [0.5, 0.6) is 5.75 Å². The highest BCUT2D eigenvalue weighted by Gasteiger charge is 2.31. The molecular formula is C16H19N3O4. The van der Waals surface area contributed by atoms with Crippen molar-refractivity contribution in [3.05, 3.63) is 41.5 Å². The van der Waals surface area contributed by atoms with E-state index in [0.29, 0.717) is 25.6 Å². The molecule has 0 bridgehead atoms. The van der Waals surface area contributed by atoms with Gasteiger partial charge in [-0.3, -0.25) is 4.79 Å². The molecule has 2 aromatic rings. The summed E-state index contributed by atoms with van der Waals surface area (Å²) in [5.41, 5.74) is 2.02. The Balaban J connectivity index is 1.69. The normalized spacial score (nSPS) is 18.0. The molecule has 1 aliphatic heterocycles. The molecule has 122 valence electrons. The average Bonchev–Trinajstić information content (AvgIpc) is 3.08. The molecule has 1 aromatic heterocycles. The van der Waals surface area contributed by atoms with Crippen molar-refractivity contribution in [2.75, 3.05) is 26.4 Å². The van der Waals surface area contributed by atoms with Crippen molar-refractivity contribution in [2.24, 2.45) is 0 Å². The molecule has 1 aliphatic rings. The monoisotopic (exact) mass is 317 g/mol. The Morgan fingerprint density at radius 3 is 2.87 bits per heavy atom. The molecule has 0 spiro atoms. The molecule has 1 unspecified atom stereocenters. The Morgan fingerprint density at radius 1 is 1.39 bits per heavy atom. The first-order chi connectivity index (χ1) is 11.2. The quantitative estimate of drug-likeness (QED) is 0.853. The highest BCUT2D eigenvalue weighted by Crippen LogP contribution is 2.24. The van der Waals surface area contributed by atoms with Crippen molar-refractivity contribution in [3.63, 3.8) is 0 Å². The van der Waals surface area contributed by atoms with E-state index in [9.17, 15) is 4.79 Å². The molecule has 1 amide bonds. The van der Waals surface area contributed by atoms with Gasteiger partial charge in [-0.2, -0.15) is 4.98 Å². The van der Waals surface area contributed by atoms with E-state index in [4.69, 9.17) is 14.0 Å². The standard InChI is InChI=1S/C16H19N3O4/c1-11-4-3-5-12(2)15(11)22-9-14(20)19-6-7-21-8-13(19)16-17-10-23-18-16/h3-5,10,13H,6-9H2,1-2H3. The third kappa shape index (κ3) is 3.34. The van der Waals surface area contributed by atoms with Crippen LogP contribution in [-0.4, -0.2) is 47.3 Å². The fourth-order valence-electron chi connectivity index (χ4n) is 2.69. The highest BCUT2D eigenvalue weighted by molar-refractivity contribution is 5.78. The van der Waals surface area contributed by atoms with E-state index >= 15 is 0 Å². The lowest BCUT2D eigenvalue weighted by Gasteiger charge is -2.33. The molecule has 7 nitrogen and oxygen atoms in total. The van der Waals surface area contributed by atoms with Crippen molar-refractivity contribution in [1.82, 2.24) is 15.0 Å². The SMILES string of the molecule is Cc1cccc(C)c1OCC(=O)N1CCOCC1c1ncon1. The van der Waals surface area contributed by atoms with Gasteiger partial charge in [-0.1, -0.05) is 23.4 Å². The Bertz CT molecular complexity index is 652. The maximum atomic E-state index is 12.6. The minimum Gasteiger partial charge on any atom is -0.483 e. The van der Waals surface area contributed by atoms with Gasteiger partial charge in [-0.25, -0.2) is 0 Å². The number of benzene rings is 1. The molecule has 3 rings (SSSR count). The summed E-state index contributed by atoms with van der Waals surface area (Å²) in [6, 6.07) is 5.55. The zero-order chi connectivity index (χ0) is 16.2. The van der Waals surface area contributed by atoms with Gasteiger partial charge in [-0.15, -0.1) is 0 Å². The molecule has 1 saturated heterocycles. The largest absolute Gasteiger partial charge is 0.483 e. The molecular weight excluding hydrogens is 298 g/mol. The van der Waals surface area contributed by atoms with Gasteiger partial charge in [0.05, 0.1) is 13.2 Å². The number of aromatic nitrogens is 2. The number of rotatable bonds is 4. The van der Waals surface area contributed by atoms with E-state index < -0.39 is 0 Å².